The number of aryl methyl sites for hydroxylation is 1. The fourth-order valence-corrected chi connectivity index (χ4v) is 4.06. The van der Waals surface area contributed by atoms with Gasteiger partial charge in [0.1, 0.15) is 23.9 Å². The first kappa shape index (κ1) is 23.9. The number of rotatable bonds is 9. The van der Waals surface area contributed by atoms with E-state index in [1.807, 2.05) is 54.6 Å². The third kappa shape index (κ3) is 5.56. The third-order valence-corrected chi connectivity index (χ3v) is 6.04. The second-order valence-corrected chi connectivity index (χ2v) is 8.51. The average molecular weight is 493 g/mol. The molecule has 0 atom stereocenters. The molecule has 0 saturated heterocycles. The van der Waals surface area contributed by atoms with Crippen LogP contribution in [-0.2, 0) is 13.7 Å². The number of ether oxygens (including phenoxy) is 3. The first-order valence-electron chi connectivity index (χ1n) is 11.9. The number of nitrogens with zero attached hydrogens (tertiary/aromatic N) is 3. The van der Waals surface area contributed by atoms with Gasteiger partial charge in [-0.2, -0.15) is 5.10 Å². The molecule has 0 aliphatic heterocycles. The second-order valence-electron chi connectivity index (χ2n) is 8.51. The molecule has 0 unspecified atom stereocenters. The Hall–Kier alpha value is -4.78. The lowest BCUT2D eigenvalue weighted by molar-refractivity contribution is 0.296. The number of aromatic nitrogens is 4. The summed E-state index contributed by atoms with van der Waals surface area (Å²) in [6.45, 7) is 0.352. The molecule has 1 N–H and O–H groups in total. The normalized spacial score (nSPS) is 11.5. The van der Waals surface area contributed by atoms with Crippen LogP contribution >= 0.6 is 0 Å². The summed E-state index contributed by atoms with van der Waals surface area (Å²) in [4.78, 5) is 4.29. The third-order valence-electron chi connectivity index (χ3n) is 6.04. The van der Waals surface area contributed by atoms with Crippen LogP contribution in [0.5, 0.6) is 17.2 Å². The van der Waals surface area contributed by atoms with Gasteiger partial charge in [0.25, 0.3) is 0 Å². The molecule has 186 valence electrons. The van der Waals surface area contributed by atoms with E-state index >= 15 is 0 Å². The number of H-pyrrole nitrogens is 1. The van der Waals surface area contributed by atoms with Gasteiger partial charge >= 0.3 is 0 Å². The SMILES string of the molecule is COc1cc(OCc2ccccn2)cc(OC)c1/C=C/c1cc(C=Cc2ccc3ccn(C)c3c2)[nH]n1. The van der Waals surface area contributed by atoms with Gasteiger partial charge in [0.15, 0.2) is 0 Å². The maximum Gasteiger partial charge on any atom is 0.133 e. The number of fused-ring (bicyclic) bond motifs is 1. The molecular weight excluding hydrogens is 464 g/mol. The topological polar surface area (TPSA) is 74.2 Å². The Morgan fingerprint density at radius 2 is 1.73 bits per heavy atom. The van der Waals surface area contributed by atoms with Crippen molar-refractivity contribution in [2.24, 2.45) is 7.05 Å². The van der Waals surface area contributed by atoms with Gasteiger partial charge in [0, 0.05) is 37.1 Å². The maximum absolute atomic E-state index is 5.91. The smallest absolute Gasteiger partial charge is 0.133 e. The van der Waals surface area contributed by atoms with Crippen molar-refractivity contribution in [3.8, 4) is 17.2 Å². The van der Waals surface area contributed by atoms with E-state index in [4.69, 9.17) is 14.2 Å². The molecule has 0 bridgehead atoms. The summed E-state index contributed by atoms with van der Waals surface area (Å²) in [6, 6.07) is 19.9. The van der Waals surface area contributed by atoms with E-state index in [0.717, 1.165) is 28.2 Å². The Morgan fingerprint density at radius 3 is 2.49 bits per heavy atom. The van der Waals surface area contributed by atoms with Crippen molar-refractivity contribution < 1.29 is 14.2 Å². The van der Waals surface area contributed by atoms with Crippen molar-refractivity contribution in [2.75, 3.05) is 14.2 Å². The van der Waals surface area contributed by atoms with Gasteiger partial charge < -0.3 is 18.8 Å². The Labute approximate surface area is 215 Å². The summed E-state index contributed by atoms with van der Waals surface area (Å²) in [7, 11) is 5.30. The van der Waals surface area contributed by atoms with Crippen LogP contribution < -0.4 is 14.2 Å². The molecule has 5 aromatic rings. The molecule has 0 fully saturated rings. The highest BCUT2D eigenvalue weighted by Crippen LogP contribution is 2.36. The molecule has 0 saturated carbocycles. The summed E-state index contributed by atoms with van der Waals surface area (Å²) >= 11 is 0. The van der Waals surface area contributed by atoms with E-state index in [0.29, 0.717) is 23.9 Å². The van der Waals surface area contributed by atoms with E-state index in [2.05, 4.69) is 63.3 Å². The molecule has 0 radical (unpaired) electrons. The highest BCUT2D eigenvalue weighted by molar-refractivity contribution is 5.84. The fraction of sp³-hybridized carbons (Fsp3) is 0.133. The van der Waals surface area contributed by atoms with E-state index in [1.54, 1.807) is 20.4 Å². The molecule has 3 aromatic heterocycles. The van der Waals surface area contributed by atoms with E-state index in [9.17, 15) is 0 Å². The average Bonchev–Trinajstić information content (AvgIpc) is 3.56. The molecule has 37 heavy (non-hydrogen) atoms. The zero-order valence-electron chi connectivity index (χ0n) is 21.0. The van der Waals surface area contributed by atoms with Gasteiger partial charge in [-0.1, -0.05) is 24.3 Å². The molecule has 7 heteroatoms. The number of hydrogen-bond donors (Lipinski definition) is 1. The zero-order valence-corrected chi connectivity index (χ0v) is 21.0. The molecule has 0 spiro atoms. The summed E-state index contributed by atoms with van der Waals surface area (Å²) < 4.78 is 19.3. The molecule has 0 aliphatic carbocycles. The summed E-state index contributed by atoms with van der Waals surface area (Å²) in [5, 5.41) is 8.71. The Morgan fingerprint density at radius 1 is 0.892 bits per heavy atom. The lowest BCUT2D eigenvalue weighted by Gasteiger charge is -2.14. The minimum Gasteiger partial charge on any atom is -0.496 e. The van der Waals surface area contributed by atoms with E-state index < -0.39 is 0 Å². The van der Waals surface area contributed by atoms with Crippen molar-refractivity contribution in [1.29, 1.82) is 0 Å². The first-order valence-corrected chi connectivity index (χ1v) is 11.9. The number of methoxy groups -OCH3 is 2. The predicted octanol–water partition coefficient (Wildman–Crippen LogP) is 6.23. The molecule has 0 aliphatic rings. The summed E-state index contributed by atoms with van der Waals surface area (Å²) in [5.74, 6) is 1.91. The monoisotopic (exact) mass is 492 g/mol. The number of pyridine rings is 1. The maximum atomic E-state index is 5.91. The zero-order chi connectivity index (χ0) is 25.6. The van der Waals surface area contributed by atoms with Crippen molar-refractivity contribution >= 4 is 35.2 Å². The quantitative estimate of drug-likeness (QED) is 0.264. The lowest BCUT2D eigenvalue weighted by Crippen LogP contribution is -2.00. The molecule has 2 aromatic carbocycles. The fourth-order valence-electron chi connectivity index (χ4n) is 4.06. The standard InChI is InChI=1S/C30H28N4O3/c1-34-15-13-22-9-7-21(16-28(22)34)8-10-23-17-24(33-32-23)11-12-27-29(35-2)18-26(19-30(27)36-3)37-20-25-6-4-5-14-31-25/h4-19H,20H2,1-3H3,(H,32,33)/b10-8?,12-11+. The van der Waals surface area contributed by atoms with Crippen LogP contribution in [0.15, 0.2) is 73.1 Å². The highest BCUT2D eigenvalue weighted by Gasteiger charge is 2.12. The van der Waals surface area contributed by atoms with E-state index in [-0.39, 0.29) is 0 Å². The molecule has 3 heterocycles. The Balaban J connectivity index is 1.31. The summed E-state index contributed by atoms with van der Waals surface area (Å²) in [5.41, 5.74) is 5.66. The summed E-state index contributed by atoms with van der Waals surface area (Å²) in [6.07, 6.45) is 11.7. The predicted molar refractivity (Wildman–Crippen MR) is 147 cm³/mol. The minimum atomic E-state index is 0.352. The van der Waals surface area contributed by atoms with Crippen LogP contribution in [-0.4, -0.2) is 34.0 Å². The van der Waals surface area contributed by atoms with Crippen LogP contribution in [0.4, 0.5) is 0 Å². The minimum absolute atomic E-state index is 0.352. The second kappa shape index (κ2) is 10.9. The first-order chi connectivity index (χ1) is 18.1. The van der Waals surface area contributed by atoms with E-state index in [1.165, 1.54) is 10.9 Å². The van der Waals surface area contributed by atoms with Crippen molar-refractivity contribution in [2.45, 2.75) is 6.61 Å². The van der Waals surface area contributed by atoms with Gasteiger partial charge in [-0.3, -0.25) is 10.1 Å². The van der Waals surface area contributed by atoms with Gasteiger partial charge in [-0.15, -0.1) is 0 Å². The van der Waals surface area contributed by atoms with Crippen LogP contribution in [0.3, 0.4) is 0 Å². The van der Waals surface area contributed by atoms with Gasteiger partial charge in [0.2, 0.25) is 0 Å². The van der Waals surface area contributed by atoms with Gasteiger partial charge in [-0.25, -0.2) is 0 Å². The molecule has 5 rings (SSSR count). The largest absolute Gasteiger partial charge is 0.496 e. The van der Waals surface area contributed by atoms with Gasteiger partial charge in [-0.05, 0) is 59.5 Å². The van der Waals surface area contributed by atoms with Crippen molar-refractivity contribution in [1.82, 2.24) is 19.7 Å². The van der Waals surface area contributed by atoms with Gasteiger partial charge in [0.05, 0.1) is 36.9 Å². The Bertz CT molecular complexity index is 1540. The number of hydrogen-bond acceptors (Lipinski definition) is 5. The number of aromatic amines is 1. The molecule has 7 nitrogen and oxygen atoms in total. The van der Waals surface area contributed by atoms with Crippen LogP contribution in [0, 0.1) is 0 Å². The molecular formula is C30H28N4O3. The number of nitrogens with one attached hydrogen (secondary N) is 1. The van der Waals surface area contributed by atoms with Crippen LogP contribution in [0.2, 0.25) is 0 Å². The highest BCUT2D eigenvalue weighted by atomic mass is 16.5. The molecule has 0 amide bonds. The Kier molecular flexibility index (Phi) is 7.03. The van der Waals surface area contributed by atoms with Crippen molar-refractivity contribution in [3.63, 3.8) is 0 Å². The van der Waals surface area contributed by atoms with Crippen molar-refractivity contribution in [3.05, 3.63) is 101 Å². The lowest BCUT2D eigenvalue weighted by atomic mass is 10.1. The van der Waals surface area contributed by atoms with Crippen LogP contribution in [0.1, 0.15) is 28.2 Å². The number of benzene rings is 2. The van der Waals surface area contributed by atoms with Crippen LogP contribution in [0.25, 0.3) is 35.2 Å².